The molecule has 0 unspecified atom stereocenters. The number of allylic oxidation sites excluding steroid dienone is 3. The Bertz CT molecular complexity index is 986. The molecule has 1 aliphatic heterocycles. The van der Waals surface area contributed by atoms with E-state index >= 15 is 0 Å². The van der Waals surface area contributed by atoms with Crippen LogP contribution in [0, 0.1) is 5.92 Å². The predicted molar refractivity (Wildman–Crippen MR) is 132 cm³/mol. The smallest absolute Gasteiger partial charge is 0.329 e. The molecule has 1 saturated heterocycles. The average Bonchev–Trinajstić information content (AvgIpc) is 2.83. The zero-order valence-electron chi connectivity index (χ0n) is 20.6. The highest BCUT2D eigenvalue weighted by atomic mass is 16.5. The summed E-state index contributed by atoms with van der Waals surface area (Å²) in [7, 11) is 0. The maximum absolute atomic E-state index is 13.1. The van der Waals surface area contributed by atoms with Crippen LogP contribution < -0.4 is 16.0 Å². The van der Waals surface area contributed by atoms with Crippen molar-refractivity contribution < 1.29 is 23.9 Å². The quantitative estimate of drug-likeness (QED) is 0.559. The van der Waals surface area contributed by atoms with E-state index in [0.29, 0.717) is 6.42 Å². The van der Waals surface area contributed by atoms with Gasteiger partial charge in [0.15, 0.2) is 0 Å². The molecule has 1 aliphatic carbocycles. The van der Waals surface area contributed by atoms with Crippen molar-refractivity contribution in [2.45, 2.75) is 77.1 Å². The molecule has 8 nitrogen and oxygen atoms in total. The van der Waals surface area contributed by atoms with Gasteiger partial charge in [0.25, 0.3) is 0 Å². The summed E-state index contributed by atoms with van der Waals surface area (Å²) in [6.45, 7) is 5.27. The molecule has 0 aromatic heterocycles. The highest BCUT2D eigenvalue weighted by molar-refractivity contribution is 5.94. The molecule has 1 fully saturated rings. The lowest BCUT2D eigenvalue weighted by Crippen LogP contribution is -2.54. The Kier molecular flexibility index (Phi) is 9.23. The van der Waals surface area contributed by atoms with Crippen molar-refractivity contribution in [3.63, 3.8) is 0 Å². The lowest BCUT2D eigenvalue weighted by Gasteiger charge is -2.25. The molecule has 1 aromatic rings. The molecule has 0 radical (unpaired) electrons. The number of cyclic esters (lactones) is 1. The number of hydrogen-bond acceptors (Lipinski definition) is 5. The lowest BCUT2D eigenvalue weighted by atomic mass is 9.98. The Morgan fingerprint density at radius 2 is 1.66 bits per heavy atom. The van der Waals surface area contributed by atoms with Crippen molar-refractivity contribution >= 4 is 23.7 Å². The topological polar surface area (TPSA) is 114 Å². The van der Waals surface area contributed by atoms with E-state index in [0.717, 1.165) is 24.0 Å². The van der Waals surface area contributed by atoms with Gasteiger partial charge in [0.1, 0.15) is 24.2 Å². The van der Waals surface area contributed by atoms with Crippen molar-refractivity contribution in [2.75, 3.05) is 0 Å². The molecule has 3 amide bonds. The summed E-state index contributed by atoms with van der Waals surface area (Å²) in [5.74, 6) is -2.09. The summed E-state index contributed by atoms with van der Waals surface area (Å²) < 4.78 is 5.73. The Labute approximate surface area is 206 Å². The van der Waals surface area contributed by atoms with Gasteiger partial charge in [-0.1, -0.05) is 62.4 Å². The minimum Gasteiger partial charge on any atom is -0.460 e. The van der Waals surface area contributed by atoms with Crippen molar-refractivity contribution in [1.82, 2.24) is 16.0 Å². The van der Waals surface area contributed by atoms with Crippen LogP contribution in [0.3, 0.4) is 0 Å². The van der Waals surface area contributed by atoms with Gasteiger partial charge in [-0.2, -0.15) is 0 Å². The summed E-state index contributed by atoms with van der Waals surface area (Å²) in [5, 5.41) is 8.22. The lowest BCUT2D eigenvalue weighted by molar-refractivity contribution is -0.156. The van der Waals surface area contributed by atoms with E-state index < -0.39 is 42.0 Å². The third-order valence-electron chi connectivity index (χ3n) is 6.20. The van der Waals surface area contributed by atoms with Crippen LogP contribution >= 0.6 is 0 Å². The summed E-state index contributed by atoms with van der Waals surface area (Å²) in [4.78, 5) is 52.1. The van der Waals surface area contributed by atoms with Crippen molar-refractivity contribution in [2.24, 2.45) is 5.92 Å². The van der Waals surface area contributed by atoms with Crippen molar-refractivity contribution in [1.29, 1.82) is 0 Å². The van der Waals surface area contributed by atoms with Gasteiger partial charge in [-0.25, -0.2) is 4.79 Å². The third kappa shape index (κ3) is 7.80. The minimum atomic E-state index is -0.956. The van der Waals surface area contributed by atoms with Crippen molar-refractivity contribution in [3.05, 3.63) is 59.7 Å². The number of ether oxygens (including phenoxy) is 1. The molecule has 0 spiro atoms. The molecule has 4 atom stereocenters. The summed E-state index contributed by atoms with van der Waals surface area (Å²) in [6.07, 6.45) is 7.61. The second-order valence-electron chi connectivity index (χ2n) is 9.49. The fourth-order valence-corrected chi connectivity index (χ4v) is 4.06. The summed E-state index contributed by atoms with van der Waals surface area (Å²) >= 11 is 0. The largest absolute Gasteiger partial charge is 0.460 e. The van der Waals surface area contributed by atoms with E-state index in [9.17, 15) is 19.2 Å². The molecular weight excluding hydrogens is 446 g/mol. The van der Waals surface area contributed by atoms with Crippen LogP contribution in [0.1, 0.15) is 52.0 Å². The number of benzene rings is 1. The molecule has 188 valence electrons. The van der Waals surface area contributed by atoms with Crippen LogP contribution in [0.4, 0.5) is 0 Å². The first-order valence-electron chi connectivity index (χ1n) is 12.2. The zero-order valence-corrected chi connectivity index (χ0v) is 20.6. The number of rotatable bonds is 5. The molecule has 8 heteroatoms. The van der Waals surface area contributed by atoms with Gasteiger partial charge in [0, 0.05) is 12.8 Å². The Morgan fingerprint density at radius 1 is 0.914 bits per heavy atom. The zero-order chi connectivity index (χ0) is 25.4. The van der Waals surface area contributed by atoms with Gasteiger partial charge >= 0.3 is 5.97 Å². The molecule has 1 aromatic carbocycles. The fraction of sp³-hybridized carbons (Fsp3) is 0.481. The fourth-order valence-electron chi connectivity index (χ4n) is 4.06. The van der Waals surface area contributed by atoms with Gasteiger partial charge in [-0.15, -0.1) is 0 Å². The predicted octanol–water partition coefficient (Wildman–Crippen LogP) is 2.34. The maximum atomic E-state index is 13.1. The normalized spacial score (nSPS) is 26.3. The Hall–Kier alpha value is -3.42. The standard InChI is InChI=1S/C27H35N3O5/c1-17(2)23-16-24(31)29-21(14-19-10-6-4-7-11-19)26(33)28-18(3)25(32)30-22(27(34)35-23)15-20-12-8-5-9-13-20/h5-6,8-13,17-18,21-23H,4,7,14-16H2,1-3H3,(H,28,33)(H,29,31)(H,30,32)/t18-,21-,22+,23-/m0/s1. The first kappa shape index (κ1) is 26.2. The van der Waals surface area contributed by atoms with E-state index in [1.54, 1.807) is 6.92 Å². The van der Waals surface area contributed by atoms with Crippen LogP contribution in [0.2, 0.25) is 0 Å². The van der Waals surface area contributed by atoms with E-state index in [1.165, 1.54) is 0 Å². The molecular formula is C27H35N3O5. The molecule has 0 saturated carbocycles. The number of hydrogen-bond donors (Lipinski definition) is 3. The molecule has 35 heavy (non-hydrogen) atoms. The Morgan fingerprint density at radius 3 is 2.31 bits per heavy atom. The second-order valence-corrected chi connectivity index (χ2v) is 9.49. The van der Waals surface area contributed by atoms with Crippen LogP contribution in [0.15, 0.2) is 54.1 Å². The van der Waals surface area contributed by atoms with Crippen molar-refractivity contribution in [3.8, 4) is 0 Å². The third-order valence-corrected chi connectivity index (χ3v) is 6.20. The Balaban J connectivity index is 1.86. The van der Waals surface area contributed by atoms with Gasteiger partial charge in [0.05, 0.1) is 6.42 Å². The highest BCUT2D eigenvalue weighted by Crippen LogP contribution is 2.18. The molecule has 0 bridgehead atoms. The number of carbonyl (C=O) groups excluding carboxylic acids is 4. The number of nitrogens with one attached hydrogen (secondary N) is 3. The van der Waals surface area contributed by atoms with E-state index in [4.69, 9.17) is 4.74 Å². The highest BCUT2D eigenvalue weighted by Gasteiger charge is 2.33. The number of esters is 1. The van der Waals surface area contributed by atoms with Crippen LogP contribution in [-0.2, 0) is 30.3 Å². The number of carbonyl (C=O) groups is 4. The van der Waals surface area contributed by atoms with Crippen LogP contribution in [0.25, 0.3) is 0 Å². The van der Waals surface area contributed by atoms with Crippen LogP contribution in [0.5, 0.6) is 0 Å². The first-order chi connectivity index (χ1) is 16.7. The minimum absolute atomic E-state index is 0.0797. The second kappa shape index (κ2) is 12.3. The van der Waals surface area contributed by atoms with Crippen LogP contribution in [-0.4, -0.2) is 47.9 Å². The summed E-state index contributed by atoms with van der Waals surface area (Å²) in [6, 6.07) is 6.57. The molecule has 3 rings (SSSR count). The molecule has 1 heterocycles. The van der Waals surface area contributed by atoms with E-state index in [-0.39, 0.29) is 24.7 Å². The maximum Gasteiger partial charge on any atom is 0.329 e. The summed E-state index contributed by atoms with van der Waals surface area (Å²) in [5.41, 5.74) is 1.80. The van der Waals surface area contributed by atoms with Gasteiger partial charge in [0.2, 0.25) is 17.7 Å². The van der Waals surface area contributed by atoms with Gasteiger partial charge < -0.3 is 20.7 Å². The van der Waals surface area contributed by atoms with E-state index in [1.807, 2.05) is 62.4 Å². The van der Waals surface area contributed by atoms with E-state index in [2.05, 4.69) is 16.0 Å². The molecule has 3 N–H and O–H groups in total. The van der Waals surface area contributed by atoms with Gasteiger partial charge in [-0.3, -0.25) is 14.4 Å². The molecule has 2 aliphatic rings. The monoisotopic (exact) mass is 481 g/mol. The number of amides is 3. The average molecular weight is 482 g/mol. The van der Waals surface area contributed by atoms with Gasteiger partial charge in [-0.05, 0) is 36.8 Å². The SMILES string of the molecule is CC(C)[C@@H]1CC(=O)N[C@@H](CC2=CCCC=C2)C(=O)N[C@@H](C)C(=O)N[C@H](Cc2ccccc2)C(=O)O1. The first-order valence-corrected chi connectivity index (χ1v) is 12.2.